The van der Waals surface area contributed by atoms with E-state index in [0.717, 1.165) is 38.1 Å². The molecule has 0 bridgehead atoms. The number of benzene rings is 1. The molecule has 1 aromatic rings. The fourth-order valence-electron chi connectivity index (χ4n) is 3.09. The third-order valence-corrected chi connectivity index (χ3v) is 4.75. The standard InChI is InChI=1S/C17H23ClF2N2O/c1-11(18)16(23)21-15(12-6-7-13(19)14(20)10-12)17(2,3)22-8-4-5-9-22/h6-7,10-11,15H,4-5,8-9H2,1-3H3,(H,21,23). The van der Waals surface area contributed by atoms with E-state index in [1.165, 1.54) is 6.07 Å². The van der Waals surface area contributed by atoms with Gasteiger partial charge in [-0.1, -0.05) is 6.07 Å². The lowest BCUT2D eigenvalue weighted by molar-refractivity contribution is -0.122. The van der Waals surface area contributed by atoms with Crippen LogP contribution in [0.2, 0.25) is 0 Å². The van der Waals surface area contributed by atoms with Gasteiger partial charge in [0.05, 0.1) is 6.04 Å². The van der Waals surface area contributed by atoms with Crippen LogP contribution in [0.5, 0.6) is 0 Å². The molecule has 1 amide bonds. The van der Waals surface area contributed by atoms with Crippen LogP contribution in [0.4, 0.5) is 8.78 Å². The molecule has 0 aliphatic carbocycles. The Hall–Kier alpha value is -1.20. The maximum Gasteiger partial charge on any atom is 0.238 e. The number of carbonyl (C=O) groups excluding carboxylic acids is 1. The van der Waals surface area contributed by atoms with Crippen molar-refractivity contribution < 1.29 is 13.6 Å². The molecule has 1 fully saturated rings. The number of halogens is 3. The van der Waals surface area contributed by atoms with E-state index < -0.39 is 28.6 Å². The van der Waals surface area contributed by atoms with Crippen molar-refractivity contribution in [3.05, 3.63) is 35.4 Å². The zero-order chi connectivity index (χ0) is 17.2. The van der Waals surface area contributed by atoms with Crippen LogP contribution in [0.1, 0.15) is 45.2 Å². The number of hydrogen-bond acceptors (Lipinski definition) is 2. The Kier molecular flexibility index (Phi) is 5.63. The highest BCUT2D eigenvalue weighted by Gasteiger charge is 2.39. The Balaban J connectivity index is 2.37. The summed E-state index contributed by atoms with van der Waals surface area (Å²) in [7, 11) is 0. The van der Waals surface area contributed by atoms with Crippen molar-refractivity contribution in [1.82, 2.24) is 10.2 Å². The fraction of sp³-hybridized carbons (Fsp3) is 0.588. The summed E-state index contributed by atoms with van der Waals surface area (Å²) in [6.45, 7) is 7.42. The van der Waals surface area contributed by atoms with E-state index in [1.807, 2.05) is 13.8 Å². The third kappa shape index (κ3) is 4.01. The number of likely N-dealkylation sites (tertiary alicyclic amines) is 1. The van der Waals surface area contributed by atoms with Gasteiger partial charge >= 0.3 is 0 Å². The minimum absolute atomic E-state index is 0.325. The molecule has 128 valence electrons. The summed E-state index contributed by atoms with van der Waals surface area (Å²) in [6.07, 6.45) is 2.18. The highest BCUT2D eigenvalue weighted by molar-refractivity contribution is 6.30. The van der Waals surface area contributed by atoms with Gasteiger partial charge < -0.3 is 5.32 Å². The third-order valence-electron chi connectivity index (χ3n) is 4.55. The van der Waals surface area contributed by atoms with E-state index in [-0.39, 0.29) is 5.91 Å². The number of rotatable bonds is 5. The first kappa shape index (κ1) is 18.1. The molecular weight excluding hydrogens is 322 g/mol. The second kappa shape index (κ2) is 7.14. The highest BCUT2D eigenvalue weighted by atomic mass is 35.5. The second-order valence-corrected chi connectivity index (χ2v) is 7.23. The lowest BCUT2D eigenvalue weighted by Gasteiger charge is -2.42. The molecule has 0 spiro atoms. The number of nitrogens with zero attached hydrogens (tertiary/aromatic N) is 1. The molecule has 1 aliphatic rings. The van der Waals surface area contributed by atoms with Crippen molar-refractivity contribution in [3.63, 3.8) is 0 Å². The van der Waals surface area contributed by atoms with Gasteiger partial charge in [-0.05, 0) is 64.4 Å². The predicted molar refractivity (Wildman–Crippen MR) is 87.4 cm³/mol. The van der Waals surface area contributed by atoms with Gasteiger partial charge in [-0.25, -0.2) is 8.78 Å². The van der Waals surface area contributed by atoms with Crippen LogP contribution in [0.25, 0.3) is 0 Å². The Morgan fingerprint density at radius 3 is 2.39 bits per heavy atom. The Morgan fingerprint density at radius 1 is 1.26 bits per heavy atom. The van der Waals surface area contributed by atoms with Crippen molar-refractivity contribution >= 4 is 17.5 Å². The molecule has 3 nitrogen and oxygen atoms in total. The Bertz CT molecular complexity index is 572. The predicted octanol–water partition coefficient (Wildman–Crippen LogP) is 3.62. The Labute approximate surface area is 141 Å². The maximum atomic E-state index is 13.7. The number of nitrogens with one attached hydrogen (secondary N) is 1. The molecule has 1 heterocycles. The Morgan fingerprint density at radius 2 is 1.87 bits per heavy atom. The first-order chi connectivity index (χ1) is 10.7. The normalized spacial score (nSPS) is 18.7. The van der Waals surface area contributed by atoms with Crippen LogP contribution in [-0.2, 0) is 4.79 Å². The topological polar surface area (TPSA) is 32.3 Å². The molecule has 1 saturated heterocycles. The summed E-state index contributed by atoms with van der Waals surface area (Å²) in [5.74, 6) is -2.14. The van der Waals surface area contributed by atoms with E-state index in [4.69, 9.17) is 11.6 Å². The number of hydrogen-bond donors (Lipinski definition) is 1. The molecule has 23 heavy (non-hydrogen) atoms. The minimum atomic E-state index is -0.919. The summed E-state index contributed by atoms with van der Waals surface area (Å²) < 4.78 is 26.9. The molecule has 0 aromatic heterocycles. The number of carbonyl (C=O) groups is 1. The van der Waals surface area contributed by atoms with Crippen LogP contribution < -0.4 is 5.32 Å². The van der Waals surface area contributed by atoms with E-state index in [2.05, 4.69) is 10.2 Å². The van der Waals surface area contributed by atoms with E-state index in [0.29, 0.717) is 5.56 Å². The van der Waals surface area contributed by atoms with Crippen molar-refractivity contribution in [3.8, 4) is 0 Å². The molecular formula is C17H23ClF2N2O. The molecule has 2 unspecified atom stereocenters. The fourth-order valence-corrected chi connectivity index (χ4v) is 3.16. The van der Waals surface area contributed by atoms with Gasteiger partial charge in [0.1, 0.15) is 5.38 Å². The highest BCUT2D eigenvalue weighted by Crippen LogP contribution is 2.34. The zero-order valence-electron chi connectivity index (χ0n) is 13.7. The smallest absolute Gasteiger partial charge is 0.238 e. The van der Waals surface area contributed by atoms with Gasteiger partial charge in [0, 0.05) is 5.54 Å². The number of amides is 1. The van der Waals surface area contributed by atoms with Crippen LogP contribution in [0.3, 0.4) is 0 Å². The molecule has 1 aliphatic heterocycles. The average Bonchev–Trinajstić information content (AvgIpc) is 3.02. The zero-order valence-corrected chi connectivity index (χ0v) is 14.5. The molecule has 1 N–H and O–H groups in total. The lowest BCUT2D eigenvalue weighted by atomic mass is 9.86. The minimum Gasteiger partial charge on any atom is -0.346 e. The summed E-state index contributed by atoms with van der Waals surface area (Å²) >= 11 is 5.87. The van der Waals surface area contributed by atoms with Gasteiger partial charge in [-0.3, -0.25) is 9.69 Å². The largest absolute Gasteiger partial charge is 0.346 e. The van der Waals surface area contributed by atoms with Gasteiger partial charge in [0.2, 0.25) is 5.91 Å². The molecule has 2 rings (SSSR count). The number of alkyl halides is 1. The summed E-state index contributed by atoms with van der Waals surface area (Å²) in [4.78, 5) is 14.4. The first-order valence-corrected chi connectivity index (χ1v) is 8.31. The second-order valence-electron chi connectivity index (χ2n) is 6.58. The summed E-state index contributed by atoms with van der Waals surface area (Å²) in [5.41, 5.74) is 0.0915. The monoisotopic (exact) mass is 344 g/mol. The quantitative estimate of drug-likeness (QED) is 0.827. The maximum absolute atomic E-state index is 13.7. The average molecular weight is 345 g/mol. The summed E-state index contributed by atoms with van der Waals surface area (Å²) in [6, 6.07) is 3.27. The van der Waals surface area contributed by atoms with E-state index in [9.17, 15) is 13.6 Å². The van der Waals surface area contributed by atoms with Crippen LogP contribution in [-0.4, -0.2) is 34.8 Å². The van der Waals surface area contributed by atoms with Crippen molar-refractivity contribution in [1.29, 1.82) is 0 Å². The van der Waals surface area contributed by atoms with Crippen LogP contribution in [0.15, 0.2) is 18.2 Å². The molecule has 2 atom stereocenters. The first-order valence-electron chi connectivity index (χ1n) is 7.88. The SMILES string of the molecule is CC(Cl)C(=O)NC(c1ccc(F)c(F)c1)C(C)(C)N1CCCC1. The molecule has 0 radical (unpaired) electrons. The van der Waals surface area contributed by atoms with Crippen molar-refractivity contribution in [2.75, 3.05) is 13.1 Å². The van der Waals surface area contributed by atoms with Crippen LogP contribution >= 0.6 is 11.6 Å². The van der Waals surface area contributed by atoms with Gasteiger partial charge in [0.25, 0.3) is 0 Å². The molecule has 6 heteroatoms. The van der Waals surface area contributed by atoms with E-state index in [1.54, 1.807) is 6.92 Å². The van der Waals surface area contributed by atoms with Crippen molar-refractivity contribution in [2.45, 2.75) is 50.6 Å². The van der Waals surface area contributed by atoms with Crippen molar-refractivity contribution in [2.24, 2.45) is 0 Å². The van der Waals surface area contributed by atoms with Gasteiger partial charge in [0.15, 0.2) is 11.6 Å². The lowest BCUT2D eigenvalue weighted by Crippen LogP contribution is -2.53. The van der Waals surface area contributed by atoms with E-state index >= 15 is 0 Å². The molecule has 0 saturated carbocycles. The van der Waals surface area contributed by atoms with Gasteiger partial charge in [-0.15, -0.1) is 11.6 Å². The van der Waals surface area contributed by atoms with Gasteiger partial charge in [-0.2, -0.15) is 0 Å². The molecule has 1 aromatic carbocycles. The van der Waals surface area contributed by atoms with Crippen LogP contribution in [0, 0.1) is 11.6 Å². The summed E-state index contributed by atoms with van der Waals surface area (Å²) in [5, 5.41) is 2.20.